The Balaban J connectivity index is 0.00000243. The Labute approximate surface area is 162 Å². The van der Waals surface area contributed by atoms with Crippen molar-refractivity contribution in [2.24, 2.45) is 0 Å². The van der Waals surface area contributed by atoms with Crippen molar-refractivity contribution in [2.75, 3.05) is 7.05 Å². The molecule has 1 N–H and O–H groups in total. The first-order chi connectivity index (χ1) is 12.1. The number of nitriles is 1. The summed E-state index contributed by atoms with van der Waals surface area (Å²) < 4.78 is 26.5. The molecule has 0 bridgehead atoms. The van der Waals surface area contributed by atoms with Crippen molar-refractivity contribution >= 4 is 33.6 Å². The van der Waals surface area contributed by atoms with E-state index in [0.717, 1.165) is 4.88 Å². The summed E-state index contributed by atoms with van der Waals surface area (Å²) in [4.78, 5) is 4.94. The highest BCUT2D eigenvalue weighted by atomic mass is 35.5. The lowest BCUT2D eigenvalue weighted by Gasteiger charge is -2.07. The molecule has 0 aliphatic rings. The molecule has 3 rings (SSSR count). The summed E-state index contributed by atoms with van der Waals surface area (Å²) in [6.45, 7) is 0.551. The number of thiophene rings is 1. The fourth-order valence-corrected chi connectivity index (χ4v) is 5.59. The van der Waals surface area contributed by atoms with Crippen LogP contribution in [0.25, 0.3) is 11.1 Å². The molecule has 2 aromatic heterocycles. The molecule has 134 valence electrons. The molecule has 0 saturated carbocycles. The lowest BCUT2D eigenvalue weighted by molar-refractivity contribution is 0.598. The molecule has 0 atom stereocenters. The van der Waals surface area contributed by atoms with E-state index in [2.05, 4.69) is 16.4 Å². The van der Waals surface area contributed by atoms with Gasteiger partial charge in [0.2, 0.25) is 9.84 Å². The van der Waals surface area contributed by atoms with Gasteiger partial charge in [-0.05, 0) is 31.3 Å². The fraction of sp³-hybridized carbons (Fsp3) is 0.111. The second kappa shape index (κ2) is 8.43. The minimum atomic E-state index is -3.72. The highest BCUT2D eigenvalue weighted by Gasteiger charge is 2.26. The van der Waals surface area contributed by atoms with E-state index in [1.165, 1.54) is 29.8 Å². The van der Waals surface area contributed by atoms with Crippen LogP contribution in [-0.4, -0.2) is 20.4 Å². The predicted octanol–water partition coefficient (Wildman–Crippen LogP) is 3.66. The molecule has 0 spiro atoms. The minimum Gasteiger partial charge on any atom is -0.315 e. The summed E-state index contributed by atoms with van der Waals surface area (Å²) in [5.74, 6) is 0. The number of nitrogens with one attached hydrogen (secondary N) is 1. The van der Waals surface area contributed by atoms with Gasteiger partial charge in [-0.1, -0.05) is 18.2 Å². The number of nitrogens with zero attached hydrogens (tertiary/aromatic N) is 2. The number of hydrogen-bond acceptors (Lipinski definition) is 6. The van der Waals surface area contributed by atoms with Gasteiger partial charge < -0.3 is 5.32 Å². The van der Waals surface area contributed by atoms with E-state index < -0.39 is 9.84 Å². The van der Waals surface area contributed by atoms with Crippen molar-refractivity contribution in [1.82, 2.24) is 10.3 Å². The van der Waals surface area contributed by atoms with Gasteiger partial charge in [0.25, 0.3) is 0 Å². The average Bonchev–Trinajstić information content (AvgIpc) is 3.07. The first-order valence-electron chi connectivity index (χ1n) is 7.50. The molecule has 0 aliphatic carbocycles. The maximum Gasteiger partial charge on any atom is 0.218 e. The molecule has 0 radical (unpaired) electrons. The first-order valence-corrected chi connectivity index (χ1v) is 9.80. The Kier molecular flexibility index (Phi) is 6.51. The summed E-state index contributed by atoms with van der Waals surface area (Å²) in [5, 5.41) is 12.4. The summed E-state index contributed by atoms with van der Waals surface area (Å²) in [7, 11) is -1.92. The number of halogens is 1. The number of sulfone groups is 1. The number of pyridine rings is 1. The molecule has 1 aromatic carbocycles. The van der Waals surface area contributed by atoms with Crippen molar-refractivity contribution in [3.05, 3.63) is 65.3 Å². The van der Waals surface area contributed by atoms with E-state index in [9.17, 15) is 13.7 Å². The van der Waals surface area contributed by atoms with Gasteiger partial charge in [-0.2, -0.15) is 5.26 Å². The molecule has 0 unspecified atom stereocenters. The van der Waals surface area contributed by atoms with Crippen LogP contribution in [0.2, 0.25) is 0 Å². The van der Waals surface area contributed by atoms with Crippen LogP contribution >= 0.6 is 23.7 Å². The zero-order valence-corrected chi connectivity index (χ0v) is 16.3. The fourth-order valence-electron chi connectivity index (χ4n) is 2.50. The van der Waals surface area contributed by atoms with Gasteiger partial charge in [0.1, 0.15) is 4.21 Å². The van der Waals surface area contributed by atoms with Crippen LogP contribution < -0.4 is 5.32 Å². The third-order valence-electron chi connectivity index (χ3n) is 3.63. The van der Waals surface area contributed by atoms with Gasteiger partial charge >= 0.3 is 0 Å². The SMILES string of the molecule is CNCc1cc(-c2ccccc2C#N)c(S(=O)(=O)c2cccnc2)s1.Cl. The van der Waals surface area contributed by atoms with Gasteiger partial charge in [-0.25, -0.2) is 8.42 Å². The number of rotatable bonds is 5. The normalized spacial score (nSPS) is 10.8. The highest BCUT2D eigenvalue weighted by Crippen LogP contribution is 2.39. The van der Waals surface area contributed by atoms with Gasteiger partial charge in [-0.3, -0.25) is 4.98 Å². The van der Waals surface area contributed by atoms with E-state index in [-0.39, 0.29) is 21.5 Å². The van der Waals surface area contributed by atoms with Gasteiger partial charge in [0.15, 0.2) is 0 Å². The zero-order valence-electron chi connectivity index (χ0n) is 13.8. The minimum absolute atomic E-state index is 0. The molecule has 0 aliphatic heterocycles. The first kappa shape index (κ1) is 20.1. The number of benzene rings is 1. The van der Waals surface area contributed by atoms with Crippen LogP contribution in [0.1, 0.15) is 10.4 Å². The Bertz CT molecular complexity index is 1040. The highest BCUT2D eigenvalue weighted by molar-refractivity contribution is 7.93. The van der Waals surface area contributed by atoms with Crippen LogP contribution in [0, 0.1) is 11.3 Å². The molecule has 26 heavy (non-hydrogen) atoms. The number of hydrogen-bond donors (Lipinski definition) is 1. The van der Waals surface area contributed by atoms with Crippen molar-refractivity contribution < 1.29 is 8.42 Å². The second-order valence-electron chi connectivity index (χ2n) is 5.29. The van der Waals surface area contributed by atoms with Gasteiger partial charge in [-0.15, -0.1) is 23.7 Å². The van der Waals surface area contributed by atoms with Gasteiger partial charge in [0.05, 0.1) is 16.5 Å². The third kappa shape index (κ3) is 3.79. The van der Waals surface area contributed by atoms with Crippen molar-refractivity contribution in [3.63, 3.8) is 0 Å². The van der Waals surface area contributed by atoms with E-state index in [1.54, 1.807) is 37.4 Å². The molecule has 0 fully saturated rings. The lowest BCUT2D eigenvalue weighted by atomic mass is 10.0. The van der Waals surface area contributed by atoms with E-state index in [4.69, 9.17) is 0 Å². The third-order valence-corrected chi connectivity index (χ3v) is 7.03. The zero-order chi connectivity index (χ0) is 17.9. The molecule has 3 aromatic rings. The van der Waals surface area contributed by atoms with Crippen LogP contribution in [0.4, 0.5) is 0 Å². The summed E-state index contributed by atoms with van der Waals surface area (Å²) >= 11 is 1.21. The van der Waals surface area contributed by atoms with Crippen LogP contribution in [0.15, 0.2) is 64.0 Å². The predicted molar refractivity (Wildman–Crippen MR) is 104 cm³/mol. The maximum absolute atomic E-state index is 13.1. The van der Waals surface area contributed by atoms with E-state index in [0.29, 0.717) is 23.2 Å². The smallest absolute Gasteiger partial charge is 0.218 e. The maximum atomic E-state index is 13.1. The van der Waals surface area contributed by atoms with Crippen molar-refractivity contribution in [2.45, 2.75) is 15.6 Å². The van der Waals surface area contributed by atoms with Crippen LogP contribution in [-0.2, 0) is 16.4 Å². The monoisotopic (exact) mass is 405 g/mol. The molecule has 8 heteroatoms. The lowest BCUT2D eigenvalue weighted by Crippen LogP contribution is -2.03. The average molecular weight is 406 g/mol. The van der Waals surface area contributed by atoms with Crippen LogP contribution in [0.5, 0.6) is 0 Å². The standard InChI is InChI=1S/C18H15N3O2S2.ClH/c1-20-11-14-9-17(16-7-3-2-5-13(16)10-19)18(24-14)25(22,23)15-6-4-8-21-12-15;/h2-9,12,20H,11H2,1H3;1H. The van der Waals surface area contributed by atoms with Crippen molar-refractivity contribution in [3.8, 4) is 17.2 Å². The largest absolute Gasteiger partial charge is 0.315 e. The van der Waals surface area contributed by atoms with Crippen molar-refractivity contribution in [1.29, 1.82) is 5.26 Å². The molecular weight excluding hydrogens is 390 g/mol. The Morgan fingerprint density at radius 3 is 2.62 bits per heavy atom. The molecule has 5 nitrogen and oxygen atoms in total. The Morgan fingerprint density at radius 1 is 1.19 bits per heavy atom. The quantitative estimate of drug-likeness (QED) is 0.700. The second-order valence-corrected chi connectivity index (χ2v) is 8.58. The Morgan fingerprint density at radius 2 is 1.96 bits per heavy atom. The number of aromatic nitrogens is 1. The van der Waals surface area contributed by atoms with Gasteiger partial charge in [0, 0.05) is 34.9 Å². The van der Waals surface area contributed by atoms with E-state index in [1.807, 2.05) is 6.07 Å². The molecule has 0 amide bonds. The molecule has 0 saturated heterocycles. The van der Waals surface area contributed by atoms with E-state index >= 15 is 0 Å². The summed E-state index contributed by atoms with van der Waals surface area (Å²) in [6.07, 6.45) is 2.87. The summed E-state index contributed by atoms with van der Waals surface area (Å²) in [5.41, 5.74) is 1.61. The van der Waals surface area contributed by atoms with Crippen LogP contribution in [0.3, 0.4) is 0 Å². The Hall–Kier alpha value is -2.24. The molecular formula is C18H16ClN3O2S2. The topological polar surface area (TPSA) is 82.9 Å². The molecule has 2 heterocycles. The summed E-state index contributed by atoms with van der Waals surface area (Å²) in [6, 6.07) is 14.1.